The number of anilines is 1. The van der Waals surface area contributed by atoms with E-state index in [0.29, 0.717) is 6.54 Å². The smallest absolute Gasteiger partial charge is 0.320 e. The van der Waals surface area contributed by atoms with Crippen LogP contribution in [0.4, 0.5) is 10.6 Å². The summed E-state index contributed by atoms with van der Waals surface area (Å²) >= 11 is 0. The molecule has 136 valence electrons. The molecule has 0 bridgehead atoms. The molecule has 2 aromatic rings. The molecule has 1 fully saturated rings. The molecule has 0 aromatic carbocycles. The molecule has 2 amide bonds. The predicted octanol–water partition coefficient (Wildman–Crippen LogP) is 3.23. The Morgan fingerprint density at radius 1 is 1.36 bits per heavy atom. The average Bonchev–Trinajstić information content (AvgIpc) is 3.37. The molecule has 1 aliphatic rings. The highest BCUT2D eigenvalue weighted by Crippen LogP contribution is 2.24. The lowest BCUT2D eigenvalue weighted by Crippen LogP contribution is -2.38. The molecule has 0 unspecified atom stereocenters. The van der Waals surface area contributed by atoms with Crippen molar-refractivity contribution in [1.82, 2.24) is 20.0 Å². The van der Waals surface area contributed by atoms with Gasteiger partial charge in [0.15, 0.2) is 0 Å². The van der Waals surface area contributed by atoms with Crippen LogP contribution in [0.5, 0.6) is 0 Å². The first-order valence-corrected chi connectivity index (χ1v) is 9.12. The fraction of sp³-hybridized carbons (Fsp3) is 0.556. The average molecular weight is 345 g/mol. The highest BCUT2D eigenvalue weighted by atomic mass is 16.3. The highest BCUT2D eigenvalue weighted by Gasteiger charge is 2.26. The Kier molecular flexibility index (Phi) is 6.11. The number of carbonyl (C=O) groups excluding carboxylic acids is 1. The summed E-state index contributed by atoms with van der Waals surface area (Å²) in [6, 6.07) is 5.55. The molecule has 1 aliphatic heterocycles. The first-order valence-electron chi connectivity index (χ1n) is 9.12. The van der Waals surface area contributed by atoms with Gasteiger partial charge in [0.1, 0.15) is 11.6 Å². The van der Waals surface area contributed by atoms with Crippen molar-refractivity contribution in [3.63, 3.8) is 0 Å². The Morgan fingerprint density at radius 3 is 2.92 bits per heavy atom. The molecule has 25 heavy (non-hydrogen) atoms. The number of nitrogens with one attached hydrogen (secondary N) is 2. The number of carbonyl (C=O) groups is 1. The lowest BCUT2D eigenvalue weighted by atomic mass is 10.2. The van der Waals surface area contributed by atoms with Crippen LogP contribution >= 0.6 is 0 Å². The second-order valence-electron chi connectivity index (χ2n) is 6.40. The summed E-state index contributed by atoms with van der Waals surface area (Å²) in [6.45, 7) is 5.54. The summed E-state index contributed by atoms with van der Waals surface area (Å²) in [5, 5.41) is 10.1. The second-order valence-corrected chi connectivity index (χ2v) is 6.40. The Balaban J connectivity index is 1.56. The lowest BCUT2D eigenvalue weighted by Gasteiger charge is -2.26. The van der Waals surface area contributed by atoms with E-state index in [0.717, 1.165) is 44.1 Å². The predicted molar refractivity (Wildman–Crippen MR) is 96.4 cm³/mol. The van der Waals surface area contributed by atoms with Gasteiger partial charge in [0, 0.05) is 19.2 Å². The molecule has 2 N–H and O–H groups in total. The van der Waals surface area contributed by atoms with E-state index in [9.17, 15) is 4.79 Å². The van der Waals surface area contributed by atoms with Gasteiger partial charge >= 0.3 is 6.03 Å². The Morgan fingerprint density at radius 2 is 2.20 bits per heavy atom. The van der Waals surface area contributed by atoms with Crippen LogP contribution in [0.1, 0.15) is 44.4 Å². The van der Waals surface area contributed by atoms with Gasteiger partial charge in [0.2, 0.25) is 0 Å². The third-order valence-corrected chi connectivity index (χ3v) is 4.59. The van der Waals surface area contributed by atoms with Crippen LogP contribution in [-0.2, 0) is 6.54 Å². The summed E-state index contributed by atoms with van der Waals surface area (Å²) < 4.78 is 7.41. The van der Waals surface area contributed by atoms with Crippen molar-refractivity contribution >= 4 is 11.8 Å². The van der Waals surface area contributed by atoms with E-state index in [1.807, 2.05) is 22.9 Å². The zero-order valence-electron chi connectivity index (χ0n) is 14.8. The summed E-state index contributed by atoms with van der Waals surface area (Å²) in [4.78, 5) is 14.7. The number of rotatable bonds is 8. The van der Waals surface area contributed by atoms with Crippen LogP contribution in [0.15, 0.2) is 35.1 Å². The van der Waals surface area contributed by atoms with Crippen LogP contribution < -0.4 is 10.6 Å². The summed E-state index contributed by atoms with van der Waals surface area (Å²) in [7, 11) is 0. The molecule has 0 aliphatic carbocycles. The quantitative estimate of drug-likeness (QED) is 0.770. The molecule has 1 atom stereocenters. The molecule has 2 aromatic heterocycles. The highest BCUT2D eigenvalue weighted by molar-refractivity contribution is 5.88. The maximum absolute atomic E-state index is 12.3. The van der Waals surface area contributed by atoms with Crippen molar-refractivity contribution in [2.24, 2.45) is 0 Å². The van der Waals surface area contributed by atoms with Crippen LogP contribution in [0.3, 0.4) is 0 Å². The minimum atomic E-state index is -0.214. The van der Waals surface area contributed by atoms with E-state index in [2.05, 4.69) is 27.6 Å². The largest absolute Gasteiger partial charge is 0.468 e. The molecular formula is C18H27N5O2. The van der Waals surface area contributed by atoms with Crippen LogP contribution in [0, 0.1) is 0 Å². The van der Waals surface area contributed by atoms with Gasteiger partial charge in [0.05, 0.1) is 18.5 Å². The summed E-state index contributed by atoms with van der Waals surface area (Å²) in [6.07, 6.45) is 7.91. The third-order valence-electron chi connectivity index (χ3n) is 4.59. The summed E-state index contributed by atoms with van der Waals surface area (Å²) in [5.74, 6) is 1.62. The number of furan rings is 1. The zero-order valence-corrected chi connectivity index (χ0v) is 14.8. The van der Waals surface area contributed by atoms with Crippen LogP contribution in [0.25, 0.3) is 0 Å². The Labute approximate surface area is 148 Å². The van der Waals surface area contributed by atoms with E-state index >= 15 is 0 Å². The molecule has 7 nitrogen and oxygen atoms in total. The van der Waals surface area contributed by atoms with Gasteiger partial charge < -0.3 is 9.73 Å². The van der Waals surface area contributed by atoms with Crippen molar-refractivity contribution in [3.05, 3.63) is 36.4 Å². The van der Waals surface area contributed by atoms with Crippen molar-refractivity contribution in [2.45, 2.75) is 45.2 Å². The minimum Gasteiger partial charge on any atom is -0.468 e. The Bertz CT molecular complexity index is 646. The fourth-order valence-electron chi connectivity index (χ4n) is 3.22. The normalized spacial score (nSPS) is 16.0. The maximum atomic E-state index is 12.3. The molecular weight excluding hydrogens is 318 g/mol. The first kappa shape index (κ1) is 17.5. The molecule has 7 heteroatoms. The van der Waals surface area contributed by atoms with E-state index in [4.69, 9.17) is 4.42 Å². The number of amides is 2. The third kappa shape index (κ3) is 4.63. The van der Waals surface area contributed by atoms with Gasteiger partial charge in [-0.25, -0.2) is 9.48 Å². The number of aromatic nitrogens is 2. The number of hydrogen-bond donors (Lipinski definition) is 2. The SMILES string of the molecule is CCCCn1nccc1NC(=O)NC[C@@H](c1ccco1)N1CCCC1. The summed E-state index contributed by atoms with van der Waals surface area (Å²) in [5.41, 5.74) is 0. The molecule has 1 saturated heterocycles. The van der Waals surface area contributed by atoms with Gasteiger partial charge in [-0.15, -0.1) is 0 Å². The molecule has 3 heterocycles. The number of hydrogen-bond acceptors (Lipinski definition) is 4. The number of unbranched alkanes of at least 4 members (excludes halogenated alkanes) is 1. The number of urea groups is 1. The number of aryl methyl sites for hydroxylation is 1. The topological polar surface area (TPSA) is 75.3 Å². The van der Waals surface area contributed by atoms with E-state index < -0.39 is 0 Å². The zero-order chi connectivity index (χ0) is 17.5. The molecule has 0 saturated carbocycles. The lowest BCUT2D eigenvalue weighted by molar-refractivity contribution is 0.206. The minimum absolute atomic E-state index is 0.0771. The van der Waals surface area contributed by atoms with E-state index in [1.54, 1.807) is 12.5 Å². The van der Waals surface area contributed by atoms with Gasteiger partial charge in [-0.3, -0.25) is 10.2 Å². The molecule has 0 radical (unpaired) electrons. The van der Waals surface area contributed by atoms with Gasteiger partial charge in [-0.2, -0.15) is 5.10 Å². The fourth-order valence-corrected chi connectivity index (χ4v) is 3.22. The van der Waals surface area contributed by atoms with Crippen molar-refractivity contribution in [3.8, 4) is 0 Å². The molecule has 0 spiro atoms. The van der Waals surface area contributed by atoms with Gasteiger partial charge in [0.25, 0.3) is 0 Å². The first-order chi connectivity index (χ1) is 12.3. The van der Waals surface area contributed by atoms with Crippen LogP contribution in [-0.4, -0.2) is 40.3 Å². The van der Waals surface area contributed by atoms with E-state index in [1.165, 1.54) is 12.8 Å². The van der Waals surface area contributed by atoms with Crippen LogP contribution in [0.2, 0.25) is 0 Å². The van der Waals surface area contributed by atoms with E-state index in [-0.39, 0.29) is 12.1 Å². The number of likely N-dealkylation sites (tertiary alicyclic amines) is 1. The monoisotopic (exact) mass is 345 g/mol. The molecule has 3 rings (SSSR count). The number of nitrogens with zero attached hydrogens (tertiary/aromatic N) is 3. The van der Waals surface area contributed by atoms with Gasteiger partial charge in [-0.05, 0) is 44.5 Å². The van der Waals surface area contributed by atoms with Crippen molar-refractivity contribution in [2.75, 3.05) is 25.0 Å². The van der Waals surface area contributed by atoms with Crippen molar-refractivity contribution < 1.29 is 9.21 Å². The Hall–Kier alpha value is -2.28. The standard InChI is InChI=1S/C18H27N5O2/c1-2-3-12-23-17(8-9-20-23)21-18(24)19-14-15(16-7-6-13-25-16)22-10-4-5-11-22/h6-9,13,15H,2-5,10-12,14H2,1H3,(H2,19,21,24)/t15-/m0/s1. The second kappa shape index (κ2) is 8.71. The maximum Gasteiger partial charge on any atom is 0.320 e. The van der Waals surface area contributed by atoms with Crippen molar-refractivity contribution in [1.29, 1.82) is 0 Å². The van der Waals surface area contributed by atoms with Gasteiger partial charge in [-0.1, -0.05) is 13.3 Å².